The summed E-state index contributed by atoms with van der Waals surface area (Å²) < 4.78 is 4.70. The summed E-state index contributed by atoms with van der Waals surface area (Å²) in [5, 5.41) is 6.09. The lowest BCUT2D eigenvalue weighted by atomic mass is 9.82. The van der Waals surface area contributed by atoms with Gasteiger partial charge in [0, 0.05) is 24.0 Å². The molecule has 3 amide bonds. The molecule has 0 spiro atoms. The summed E-state index contributed by atoms with van der Waals surface area (Å²) in [6, 6.07) is 15.6. The van der Waals surface area contributed by atoms with Crippen LogP contribution in [0.1, 0.15) is 51.2 Å². The SMILES string of the molecule is COC(=O)N[C@@H](Cc1cccc(Cl)c1)C(=O)N[C@@H](C)CCCN1C(=O)[C@@](CC(C)C)(c2ccccc2)N=C1N. The van der Waals surface area contributed by atoms with Gasteiger partial charge in [0.2, 0.25) is 5.91 Å². The fourth-order valence-electron chi connectivity index (χ4n) is 4.87. The zero-order chi connectivity index (χ0) is 28.6. The molecule has 3 rings (SSSR count). The Morgan fingerprint density at radius 1 is 1.10 bits per heavy atom. The van der Waals surface area contributed by atoms with Gasteiger partial charge in [0.05, 0.1) is 7.11 Å². The summed E-state index contributed by atoms with van der Waals surface area (Å²) in [5.41, 5.74) is 6.88. The molecule has 10 heteroatoms. The van der Waals surface area contributed by atoms with Crippen LogP contribution in [-0.2, 0) is 26.3 Å². The highest BCUT2D eigenvalue weighted by molar-refractivity contribution is 6.30. The van der Waals surface area contributed by atoms with Crippen LogP contribution in [0.3, 0.4) is 0 Å². The van der Waals surface area contributed by atoms with Crippen molar-refractivity contribution < 1.29 is 19.1 Å². The van der Waals surface area contributed by atoms with Crippen molar-refractivity contribution in [1.82, 2.24) is 15.5 Å². The van der Waals surface area contributed by atoms with E-state index in [1.54, 1.807) is 23.1 Å². The summed E-state index contributed by atoms with van der Waals surface area (Å²) in [7, 11) is 1.24. The van der Waals surface area contributed by atoms with Crippen LogP contribution in [0.4, 0.5) is 4.79 Å². The Morgan fingerprint density at radius 3 is 2.46 bits per heavy atom. The summed E-state index contributed by atoms with van der Waals surface area (Å²) >= 11 is 6.08. The number of hydrogen-bond acceptors (Lipinski definition) is 6. The topological polar surface area (TPSA) is 126 Å². The number of nitrogens with two attached hydrogens (primary N) is 1. The molecule has 0 saturated carbocycles. The number of hydrogen-bond donors (Lipinski definition) is 3. The molecule has 4 N–H and O–H groups in total. The molecule has 0 aromatic heterocycles. The lowest BCUT2D eigenvalue weighted by molar-refractivity contribution is -0.132. The highest BCUT2D eigenvalue weighted by Crippen LogP contribution is 2.38. The van der Waals surface area contributed by atoms with E-state index in [1.165, 1.54) is 7.11 Å². The highest BCUT2D eigenvalue weighted by Gasteiger charge is 2.49. The second-order valence-corrected chi connectivity index (χ2v) is 10.8. The van der Waals surface area contributed by atoms with Crippen LogP contribution in [0, 0.1) is 5.92 Å². The van der Waals surface area contributed by atoms with Gasteiger partial charge < -0.3 is 21.1 Å². The summed E-state index contributed by atoms with van der Waals surface area (Å²) in [6.45, 7) is 6.38. The predicted octanol–water partition coefficient (Wildman–Crippen LogP) is 3.99. The molecular weight excluding hydrogens is 518 g/mol. The van der Waals surface area contributed by atoms with Gasteiger partial charge in [0.1, 0.15) is 6.04 Å². The van der Waals surface area contributed by atoms with Gasteiger partial charge in [-0.2, -0.15) is 0 Å². The molecule has 2 aromatic rings. The first-order valence-electron chi connectivity index (χ1n) is 13.2. The van der Waals surface area contributed by atoms with Gasteiger partial charge in [0.25, 0.3) is 5.91 Å². The number of carbonyl (C=O) groups is 3. The van der Waals surface area contributed by atoms with Gasteiger partial charge >= 0.3 is 6.09 Å². The molecule has 1 aliphatic heterocycles. The maximum Gasteiger partial charge on any atom is 0.407 e. The normalized spacial score (nSPS) is 18.5. The Morgan fingerprint density at radius 2 is 1.82 bits per heavy atom. The number of nitrogens with one attached hydrogen (secondary N) is 2. The number of halogens is 1. The van der Waals surface area contributed by atoms with E-state index >= 15 is 0 Å². The van der Waals surface area contributed by atoms with Crippen molar-refractivity contribution >= 4 is 35.5 Å². The van der Waals surface area contributed by atoms with E-state index in [0.29, 0.717) is 30.8 Å². The van der Waals surface area contributed by atoms with Crippen molar-refractivity contribution in [3.8, 4) is 0 Å². The molecule has 1 aliphatic rings. The van der Waals surface area contributed by atoms with Crippen molar-refractivity contribution in [2.45, 2.75) is 64.1 Å². The van der Waals surface area contributed by atoms with Crippen LogP contribution in [0.25, 0.3) is 0 Å². The predicted molar refractivity (Wildman–Crippen MR) is 152 cm³/mol. The number of methoxy groups -OCH3 is 1. The lowest BCUT2D eigenvalue weighted by Gasteiger charge is -2.28. The molecule has 0 fully saturated rings. The fourth-order valence-corrected chi connectivity index (χ4v) is 5.08. The maximum atomic E-state index is 13.6. The van der Waals surface area contributed by atoms with Crippen LogP contribution >= 0.6 is 11.6 Å². The molecule has 210 valence electrons. The minimum absolute atomic E-state index is 0.125. The van der Waals surface area contributed by atoms with Crippen LogP contribution in [0.5, 0.6) is 0 Å². The van der Waals surface area contributed by atoms with Crippen LogP contribution in [0.2, 0.25) is 5.02 Å². The minimum Gasteiger partial charge on any atom is -0.453 e. The zero-order valence-corrected chi connectivity index (χ0v) is 23.7. The Balaban J connectivity index is 1.60. The number of rotatable bonds is 12. The second-order valence-electron chi connectivity index (χ2n) is 10.3. The van der Waals surface area contributed by atoms with Crippen LogP contribution in [0.15, 0.2) is 59.6 Å². The number of ether oxygens (including phenoxy) is 1. The second kappa shape index (κ2) is 13.5. The molecule has 0 radical (unpaired) electrons. The minimum atomic E-state index is -1.02. The first-order valence-corrected chi connectivity index (χ1v) is 13.6. The smallest absolute Gasteiger partial charge is 0.407 e. The van der Waals surface area contributed by atoms with E-state index in [0.717, 1.165) is 11.1 Å². The quantitative estimate of drug-likeness (QED) is 0.365. The molecule has 0 saturated heterocycles. The van der Waals surface area contributed by atoms with E-state index in [2.05, 4.69) is 29.5 Å². The van der Waals surface area contributed by atoms with Crippen LogP contribution < -0.4 is 16.4 Å². The number of carbonyl (C=O) groups excluding carboxylic acids is 3. The van der Waals surface area contributed by atoms with Gasteiger partial charge in [-0.1, -0.05) is 67.9 Å². The zero-order valence-electron chi connectivity index (χ0n) is 22.9. The van der Waals surface area contributed by atoms with Crippen molar-refractivity contribution in [3.63, 3.8) is 0 Å². The molecule has 9 nitrogen and oxygen atoms in total. The lowest BCUT2D eigenvalue weighted by Crippen LogP contribution is -2.50. The van der Waals surface area contributed by atoms with Gasteiger partial charge in [0.15, 0.2) is 11.5 Å². The van der Waals surface area contributed by atoms with E-state index in [4.69, 9.17) is 22.1 Å². The summed E-state index contributed by atoms with van der Waals surface area (Å²) in [6.07, 6.45) is 1.30. The number of alkyl carbamates (subject to hydrolysis) is 1. The maximum absolute atomic E-state index is 13.6. The molecule has 0 unspecified atom stereocenters. The van der Waals surface area contributed by atoms with Crippen LogP contribution in [-0.4, -0.2) is 54.5 Å². The molecule has 2 aromatic carbocycles. The molecule has 39 heavy (non-hydrogen) atoms. The first-order chi connectivity index (χ1) is 18.6. The highest BCUT2D eigenvalue weighted by atomic mass is 35.5. The standard InChI is InChI=1S/C29H38ClN5O4/c1-19(2)18-29(22-12-6-5-7-13-22)26(37)35(27(31)34-29)15-9-10-20(3)32-25(36)24(33-28(38)39-4)17-21-11-8-14-23(30)16-21/h5-8,11-14,16,19-20,24H,9-10,15,17-18H2,1-4H3,(H2,31,34)(H,32,36)(H,33,38)/t20-,24-,29+/m0/s1. The average molecular weight is 556 g/mol. The van der Waals surface area contributed by atoms with Gasteiger partial charge in [-0.05, 0) is 55.4 Å². The summed E-state index contributed by atoms with van der Waals surface area (Å²) in [4.78, 5) is 44.8. The fraction of sp³-hybridized carbons (Fsp3) is 0.448. The number of benzene rings is 2. The van der Waals surface area contributed by atoms with Crippen molar-refractivity contribution in [2.75, 3.05) is 13.7 Å². The Labute approximate surface area is 235 Å². The number of nitrogens with zero attached hydrogens (tertiary/aromatic N) is 2. The Kier molecular flexibility index (Phi) is 10.3. The van der Waals surface area contributed by atoms with E-state index in [-0.39, 0.29) is 36.2 Å². The van der Waals surface area contributed by atoms with Crippen molar-refractivity contribution in [1.29, 1.82) is 0 Å². The first kappa shape index (κ1) is 30.0. The summed E-state index contributed by atoms with van der Waals surface area (Å²) in [5.74, 6) is -0.0175. The number of amides is 3. The average Bonchev–Trinajstić information content (AvgIpc) is 3.13. The van der Waals surface area contributed by atoms with E-state index < -0.39 is 17.7 Å². The Hall–Kier alpha value is -3.59. The van der Waals surface area contributed by atoms with E-state index in [1.807, 2.05) is 43.3 Å². The van der Waals surface area contributed by atoms with Gasteiger partial charge in [-0.3, -0.25) is 14.5 Å². The molecule has 3 atom stereocenters. The van der Waals surface area contributed by atoms with Gasteiger partial charge in [-0.15, -0.1) is 0 Å². The third-order valence-electron chi connectivity index (χ3n) is 6.67. The van der Waals surface area contributed by atoms with Gasteiger partial charge in [-0.25, -0.2) is 9.79 Å². The molecule has 0 aliphatic carbocycles. The third-order valence-corrected chi connectivity index (χ3v) is 6.90. The molecular formula is C29H38ClN5O4. The molecule has 1 heterocycles. The monoisotopic (exact) mass is 555 g/mol. The van der Waals surface area contributed by atoms with Crippen molar-refractivity contribution in [2.24, 2.45) is 16.6 Å². The third kappa shape index (κ3) is 7.72. The largest absolute Gasteiger partial charge is 0.453 e. The molecule has 0 bridgehead atoms. The van der Waals surface area contributed by atoms with Crippen molar-refractivity contribution in [3.05, 3.63) is 70.7 Å². The number of guanidine groups is 1. The number of aliphatic imine (C=N–C) groups is 1. The Bertz CT molecular complexity index is 1190. The van der Waals surface area contributed by atoms with E-state index in [9.17, 15) is 14.4 Å².